The Balaban J connectivity index is 1.63. The zero-order chi connectivity index (χ0) is 30.2. The average molecular weight is 592 g/mol. The molecule has 0 radical (unpaired) electrons. The van der Waals surface area contributed by atoms with E-state index in [0.717, 1.165) is 65.4 Å². The molecule has 2 aliphatic rings. The van der Waals surface area contributed by atoms with Crippen molar-refractivity contribution in [2.45, 2.75) is 39.5 Å². The number of nitrogens with zero attached hydrogens (tertiary/aromatic N) is 2. The molecule has 220 valence electrons. The van der Waals surface area contributed by atoms with Gasteiger partial charge in [-0.15, -0.1) is 0 Å². The van der Waals surface area contributed by atoms with Crippen molar-refractivity contribution in [3.05, 3.63) is 143 Å². The van der Waals surface area contributed by atoms with E-state index < -0.39 is 10.1 Å². The number of hydrogen-bond donors (Lipinski definition) is 1. The van der Waals surface area contributed by atoms with Crippen molar-refractivity contribution >= 4 is 38.5 Å². The fourth-order valence-corrected chi connectivity index (χ4v) is 6.53. The smallest absolute Gasteiger partial charge is 0.291 e. The standard InChI is InChI=1S/C37H38N2O3S/c1-3-27-38(31-13-7-5-8-14-31)33-23-19-29(20-24-33)37(35-17-11-12-18-36(35)43(40,41)42)30-21-25-34(26-22-30)39(28-4-2)32-15-9-6-10-16-32/h5-11,13-17,19-26H,3-4,12,18,27-28H2,1-2H3/p+1. The molecule has 3 aromatic rings. The molecule has 0 bridgehead atoms. The third kappa shape index (κ3) is 7.04. The van der Waals surface area contributed by atoms with Gasteiger partial charge in [-0.2, -0.15) is 13.0 Å². The molecule has 2 aliphatic carbocycles. The highest BCUT2D eigenvalue weighted by Crippen LogP contribution is 2.38. The minimum Gasteiger partial charge on any atom is -0.342 e. The van der Waals surface area contributed by atoms with Crippen LogP contribution in [0.25, 0.3) is 5.57 Å². The van der Waals surface area contributed by atoms with E-state index in [1.807, 2.05) is 48.6 Å². The lowest BCUT2D eigenvalue weighted by Gasteiger charge is -2.25. The highest BCUT2D eigenvalue weighted by Gasteiger charge is 2.25. The number of rotatable bonds is 10. The van der Waals surface area contributed by atoms with Gasteiger partial charge in [0.05, 0.1) is 4.91 Å². The van der Waals surface area contributed by atoms with Gasteiger partial charge in [0.1, 0.15) is 6.54 Å². The van der Waals surface area contributed by atoms with Crippen molar-refractivity contribution in [1.82, 2.24) is 0 Å². The van der Waals surface area contributed by atoms with Crippen molar-refractivity contribution in [3.8, 4) is 0 Å². The maximum Gasteiger partial charge on any atom is 0.291 e. The van der Waals surface area contributed by atoms with Crippen molar-refractivity contribution in [3.63, 3.8) is 0 Å². The first-order chi connectivity index (χ1) is 20.9. The maximum atomic E-state index is 12.5. The molecule has 0 fully saturated rings. The highest BCUT2D eigenvalue weighted by atomic mass is 32.2. The highest BCUT2D eigenvalue weighted by molar-refractivity contribution is 7.89. The van der Waals surface area contributed by atoms with Crippen molar-refractivity contribution in [1.29, 1.82) is 0 Å². The molecule has 0 saturated heterocycles. The van der Waals surface area contributed by atoms with Crippen LogP contribution < -0.4 is 4.90 Å². The fraction of sp³-hybridized carbons (Fsp3) is 0.216. The van der Waals surface area contributed by atoms with Crippen LogP contribution in [0.3, 0.4) is 0 Å². The summed E-state index contributed by atoms with van der Waals surface area (Å²) in [5.74, 6) is 0. The Morgan fingerprint density at radius 3 is 2.02 bits per heavy atom. The largest absolute Gasteiger partial charge is 0.342 e. The zero-order valence-electron chi connectivity index (χ0n) is 24.9. The Kier molecular flexibility index (Phi) is 9.70. The van der Waals surface area contributed by atoms with Crippen LogP contribution in [0, 0.1) is 0 Å². The van der Waals surface area contributed by atoms with Crippen molar-refractivity contribution in [2.24, 2.45) is 0 Å². The van der Waals surface area contributed by atoms with E-state index >= 15 is 0 Å². The molecule has 0 aromatic heterocycles. The van der Waals surface area contributed by atoms with E-state index in [1.54, 1.807) is 0 Å². The third-order valence-corrected chi connectivity index (χ3v) is 8.72. The molecule has 0 unspecified atom stereocenters. The van der Waals surface area contributed by atoms with Gasteiger partial charge in [-0.1, -0.05) is 74.5 Å². The van der Waals surface area contributed by atoms with E-state index in [9.17, 15) is 13.0 Å². The number of benzene rings is 3. The summed E-state index contributed by atoms with van der Waals surface area (Å²) in [7, 11) is -4.37. The fourth-order valence-electron chi connectivity index (χ4n) is 5.71. The van der Waals surface area contributed by atoms with Crippen LogP contribution in [0.1, 0.15) is 45.1 Å². The number of allylic oxidation sites excluding steroid dienone is 10. The molecule has 0 saturated carbocycles. The molecule has 0 heterocycles. The maximum absolute atomic E-state index is 12.5. The predicted molar refractivity (Wildman–Crippen MR) is 179 cm³/mol. The number of hydrogen-bond acceptors (Lipinski definition) is 3. The minimum absolute atomic E-state index is 0.0620. The van der Waals surface area contributed by atoms with Crippen LogP contribution in [-0.4, -0.2) is 36.3 Å². The Labute approximate surface area is 256 Å². The molecule has 6 heteroatoms. The predicted octanol–water partition coefficient (Wildman–Crippen LogP) is 8.80. The van der Waals surface area contributed by atoms with E-state index in [1.165, 1.54) is 0 Å². The Bertz CT molecular complexity index is 1710. The summed E-state index contributed by atoms with van der Waals surface area (Å²) in [6.45, 7) is 6.08. The summed E-state index contributed by atoms with van der Waals surface area (Å²) in [6, 6.07) is 28.9. The van der Waals surface area contributed by atoms with Crippen LogP contribution in [0.15, 0.2) is 137 Å². The van der Waals surface area contributed by atoms with Gasteiger partial charge in [-0.05, 0) is 78.0 Å². The molecule has 43 heavy (non-hydrogen) atoms. The van der Waals surface area contributed by atoms with E-state index in [2.05, 4.69) is 96.2 Å². The summed E-state index contributed by atoms with van der Waals surface area (Å²) < 4.78 is 37.6. The van der Waals surface area contributed by atoms with Gasteiger partial charge in [0.2, 0.25) is 11.4 Å². The van der Waals surface area contributed by atoms with Crippen molar-refractivity contribution in [2.75, 3.05) is 18.0 Å². The van der Waals surface area contributed by atoms with E-state index in [4.69, 9.17) is 0 Å². The minimum atomic E-state index is -4.37. The third-order valence-electron chi connectivity index (χ3n) is 7.67. The van der Waals surface area contributed by atoms with E-state index in [0.29, 0.717) is 12.0 Å². The molecule has 0 amide bonds. The van der Waals surface area contributed by atoms with Gasteiger partial charge in [-0.25, -0.2) is 0 Å². The molecule has 5 nitrogen and oxygen atoms in total. The lowest BCUT2D eigenvalue weighted by molar-refractivity contribution is -0.439. The summed E-state index contributed by atoms with van der Waals surface area (Å²) in [4.78, 5) is 2.35. The van der Waals surface area contributed by atoms with Gasteiger partial charge >= 0.3 is 0 Å². The quantitative estimate of drug-likeness (QED) is 0.189. The second-order valence-corrected chi connectivity index (χ2v) is 12.1. The monoisotopic (exact) mass is 591 g/mol. The summed E-state index contributed by atoms with van der Waals surface area (Å²) >= 11 is 0. The Hall–Kier alpha value is -4.26. The van der Waals surface area contributed by atoms with Crippen LogP contribution in [0.4, 0.5) is 17.1 Å². The van der Waals surface area contributed by atoms with Crippen LogP contribution >= 0.6 is 0 Å². The SMILES string of the molecule is CCCN(c1ccccc1)c1ccc(C(=C2C=CC(=[N+](CCC)c3ccccc3)C=C2)C2=C(S(=O)(=O)O)CCC=C2)cc1. The normalized spacial score (nSPS) is 14.8. The molecular weight excluding hydrogens is 552 g/mol. The number of anilines is 2. The lowest BCUT2D eigenvalue weighted by Crippen LogP contribution is -2.17. The van der Waals surface area contributed by atoms with Crippen LogP contribution in [-0.2, 0) is 10.1 Å². The second kappa shape index (κ2) is 13.8. The molecule has 1 N–H and O–H groups in total. The first-order valence-electron chi connectivity index (χ1n) is 15.0. The van der Waals surface area contributed by atoms with Gasteiger partial charge in [0.15, 0.2) is 0 Å². The average Bonchev–Trinajstić information content (AvgIpc) is 3.04. The van der Waals surface area contributed by atoms with Gasteiger partial charge in [0, 0.05) is 48.6 Å². The summed E-state index contributed by atoms with van der Waals surface area (Å²) in [5.41, 5.74) is 7.47. The van der Waals surface area contributed by atoms with Crippen LogP contribution in [0.5, 0.6) is 0 Å². The summed E-state index contributed by atoms with van der Waals surface area (Å²) in [5, 5.41) is 0. The molecule has 3 aromatic carbocycles. The molecule has 0 spiro atoms. The Morgan fingerprint density at radius 2 is 1.42 bits per heavy atom. The van der Waals surface area contributed by atoms with Gasteiger partial charge < -0.3 is 4.90 Å². The van der Waals surface area contributed by atoms with Crippen LogP contribution in [0.2, 0.25) is 0 Å². The van der Waals surface area contributed by atoms with Gasteiger partial charge in [-0.3, -0.25) is 4.55 Å². The first-order valence-corrected chi connectivity index (χ1v) is 16.4. The molecule has 0 atom stereocenters. The number of para-hydroxylation sites is 2. The topological polar surface area (TPSA) is 60.6 Å². The lowest BCUT2D eigenvalue weighted by atomic mass is 9.88. The van der Waals surface area contributed by atoms with E-state index in [-0.39, 0.29) is 11.3 Å². The molecule has 0 aliphatic heterocycles. The molecular formula is C37H39N2O3S+. The van der Waals surface area contributed by atoms with Gasteiger partial charge in [0.25, 0.3) is 10.1 Å². The Morgan fingerprint density at radius 1 is 0.791 bits per heavy atom. The van der Waals surface area contributed by atoms with Crippen molar-refractivity contribution < 1.29 is 17.5 Å². The second-order valence-electron chi connectivity index (χ2n) is 10.7. The molecule has 5 rings (SSSR count). The summed E-state index contributed by atoms with van der Waals surface area (Å²) in [6.07, 6.45) is 14.9. The zero-order valence-corrected chi connectivity index (χ0v) is 25.7. The first kappa shape index (κ1) is 30.2.